The molecule has 0 radical (unpaired) electrons. The molecule has 0 saturated heterocycles. The van der Waals surface area contributed by atoms with Crippen molar-refractivity contribution < 1.29 is 16.5 Å². The standard InChI is InChI=1S/C55H94N2.Ni/c1-7-13-15-16-17-18-19-20-21-22-23-24-25-26-27-28-29-30-31-32-33-34-35-36-37-38-39-41-55(57-53-45-48(9-3)44-49(10-4)46-53)54(40-14-8-2)56-52-43-42-50(11-5)51(12-6)47-52;/h42-47H,7-41H2,1-6H3;/b56-54+,57-55-;. The number of nitrogens with zero attached hydrogens (tertiary/aromatic N) is 2. The maximum atomic E-state index is 5.42. The van der Waals surface area contributed by atoms with E-state index in [1.165, 1.54) is 213 Å². The van der Waals surface area contributed by atoms with Gasteiger partial charge in [0, 0.05) is 16.5 Å². The molecule has 2 aromatic rings. The number of aliphatic imine (C=N–C) groups is 2. The summed E-state index contributed by atoms with van der Waals surface area (Å²) in [5.41, 5.74) is 10.3. The van der Waals surface area contributed by atoms with Gasteiger partial charge in [-0.1, -0.05) is 227 Å². The van der Waals surface area contributed by atoms with Gasteiger partial charge in [0.05, 0.1) is 22.8 Å². The zero-order valence-corrected chi connectivity index (χ0v) is 40.4. The Morgan fingerprint density at radius 2 is 0.672 bits per heavy atom. The van der Waals surface area contributed by atoms with Gasteiger partial charge in [0.2, 0.25) is 0 Å². The minimum atomic E-state index is 0. The largest absolute Gasteiger partial charge is 0.252 e. The first kappa shape index (κ1) is 54.3. The van der Waals surface area contributed by atoms with Crippen LogP contribution in [-0.4, -0.2) is 11.4 Å². The van der Waals surface area contributed by atoms with Crippen LogP contribution >= 0.6 is 0 Å². The van der Waals surface area contributed by atoms with Gasteiger partial charge in [0.15, 0.2) is 0 Å². The molecule has 2 rings (SSSR count). The van der Waals surface area contributed by atoms with Gasteiger partial charge in [-0.05, 0) is 97.9 Å². The molecule has 0 heterocycles. The van der Waals surface area contributed by atoms with Crippen LogP contribution in [0, 0.1) is 0 Å². The van der Waals surface area contributed by atoms with Crippen LogP contribution < -0.4 is 0 Å². The Hall–Kier alpha value is -1.73. The Morgan fingerprint density at radius 3 is 1.03 bits per heavy atom. The number of aryl methyl sites for hydroxylation is 4. The van der Waals surface area contributed by atoms with E-state index in [0.717, 1.165) is 56.3 Å². The molecule has 3 heteroatoms. The summed E-state index contributed by atoms with van der Waals surface area (Å²) in [6.45, 7) is 13.6. The topological polar surface area (TPSA) is 24.7 Å². The number of hydrogen-bond donors (Lipinski definition) is 0. The van der Waals surface area contributed by atoms with Gasteiger partial charge in [0.1, 0.15) is 0 Å². The summed E-state index contributed by atoms with van der Waals surface area (Å²) in [7, 11) is 0. The zero-order valence-electron chi connectivity index (χ0n) is 39.4. The Balaban J connectivity index is 0.0000168. The van der Waals surface area contributed by atoms with Crippen molar-refractivity contribution in [1.29, 1.82) is 0 Å². The van der Waals surface area contributed by atoms with Crippen molar-refractivity contribution in [3.63, 3.8) is 0 Å². The maximum Gasteiger partial charge on any atom is 0.0639 e. The minimum absolute atomic E-state index is 0. The van der Waals surface area contributed by atoms with Crippen LogP contribution in [0.3, 0.4) is 0 Å². The van der Waals surface area contributed by atoms with E-state index < -0.39 is 0 Å². The van der Waals surface area contributed by atoms with Gasteiger partial charge in [-0.3, -0.25) is 9.98 Å². The summed E-state index contributed by atoms with van der Waals surface area (Å²) in [4.78, 5) is 10.8. The van der Waals surface area contributed by atoms with Gasteiger partial charge in [-0.25, -0.2) is 0 Å². The molecule has 0 aliphatic carbocycles. The van der Waals surface area contributed by atoms with Crippen LogP contribution in [-0.2, 0) is 42.2 Å². The van der Waals surface area contributed by atoms with Gasteiger partial charge in [-0.15, -0.1) is 0 Å². The Bertz CT molecular complexity index is 1290. The fraction of sp³-hybridized carbons (Fsp3) is 0.745. The van der Waals surface area contributed by atoms with E-state index in [4.69, 9.17) is 9.98 Å². The van der Waals surface area contributed by atoms with E-state index in [2.05, 4.69) is 77.9 Å². The summed E-state index contributed by atoms with van der Waals surface area (Å²) >= 11 is 0. The second-order valence-electron chi connectivity index (χ2n) is 17.5. The van der Waals surface area contributed by atoms with E-state index in [9.17, 15) is 0 Å². The Morgan fingerprint density at radius 1 is 0.328 bits per heavy atom. The van der Waals surface area contributed by atoms with Gasteiger partial charge in [-0.2, -0.15) is 0 Å². The van der Waals surface area contributed by atoms with Gasteiger partial charge < -0.3 is 0 Å². The molecular formula is C55H94N2Ni. The third-order valence-corrected chi connectivity index (χ3v) is 12.5. The number of hydrogen-bond acceptors (Lipinski definition) is 2. The van der Waals surface area contributed by atoms with Crippen molar-refractivity contribution in [1.82, 2.24) is 0 Å². The van der Waals surface area contributed by atoms with Crippen LogP contribution in [0.15, 0.2) is 46.4 Å². The van der Waals surface area contributed by atoms with Crippen LogP contribution in [0.1, 0.15) is 263 Å². The fourth-order valence-corrected chi connectivity index (χ4v) is 8.54. The van der Waals surface area contributed by atoms with Crippen molar-refractivity contribution in [3.8, 4) is 0 Å². The summed E-state index contributed by atoms with van der Waals surface area (Å²) < 4.78 is 0. The van der Waals surface area contributed by atoms with E-state index in [1.54, 1.807) is 0 Å². The molecular weight excluding hydrogens is 747 g/mol. The maximum absolute atomic E-state index is 5.42. The third-order valence-electron chi connectivity index (χ3n) is 12.5. The van der Waals surface area contributed by atoms with E-state index in [1.807, 2.05) is 0 Å². The second kappa shape index (κ2) is 38.2. The molecule has 0 spiro atoms. The Kier molecular flexibility index (Phi) is 35.8. The molecule has 0 atom stereocenters. The van der Waals surface area contributed by atoms with Gasteiger partial charge in [0.25, 0.3) is 0 Å². The predicted molar refractivity (Wildman–Crippen MR) is 259 cm³/mol. The molecule has 0 aromatic heterocycles. The quantitative estimate of drug-likeness (QED) is 0.0366. The molecule has 0 aliphatic rings. The molecule has 0 bridgehead atoms. The molecule has 0 aliphatic heterocycles. The first-order valence-corrected chi connectivity index (χ1v) is 25.5. The van der Waals surface area contributed by atoms with Crippen molar-refractivity contribution in [3.05, 3.63) is 58.7 Å². The molecule has 0 saturated carbocycles. The van der Waals surface area contributed by atoms with E-state index in [0.29, 0.717) is 0 Å². The Labute approximate surface area is 372 Å². The zero-order chi connectivity index (χ0) is 41.0. The SMILES string of the molecule is CCCCCCCCCCCCCCCCCCCCCCCCCCCCCC(=N/c1cc(CC)cc(CC)c1)/C(CCCC)=N/c1ccc(CC)c(CC)c1.[Ni]. The van der Waals surface area contributed by atoms with Crippen molar-refractivity contribution in [2.45, 2.75) is 266 Å². The van der Waals surface area contributed by atoms with E-state index in [-0.39, 0.29) is 16.5 Å². The average Bonchev–Trinajstić information content (AvgIpc) is 3.24. The first-order valence-electron chi connectivity index (χ1n) is 25.5. The molecule has 0 fully saturated rings. The van der Waals surface area contributed by atoms with Gasteiger partial charge >= 0.3 is 0 Å². The molecule has 0 amide bonds. The van der Waals surface area contributed by atoms with Crippen LogP contribution in [0.2, 0.25) is 0 Å². The summed E-state index contributed by atoms with van der Waals surface area (Å²) in [5.74, 6) is 0. The first-order chi connectivity index (χ1) is 28.1. The summed E-state index contributed by atoms with van der Waals surface area (Å²) in [6, 6.07) is 13.8. The van der Waals surface area contributed by atoms with Crippen molar-refractivity contribution in [2.24, 2.45) is 9.98 Å². The number of rotatable bonds is 38. The molecule has 0 unspecified atom stereocenters. The van der Waals surface area contributed by atoms with Crippen LogP contribution in [0.25, 0.3) is 0 Å². The molecule has 0 N–H and O–H groups in total. The normalized spacial score (nSPS) is 12.0. The van der Waals surface area contributed by atoms with E-state index >= 15 is 0 Å². The monoisotopic (exact) mass is 841 g/mol. The summed E-state index contributed by atoms with van der Waals surface area (Å²) in [6.07, 6.45) is 47.3. The average molecular weight is 842 g/mol. The number of benzene rings is 2. The molecule has 334 valence electrons. The smallest absolute Gasteiger partial charge is 0.0639 e. The summed E-state index contributed by atoms with van der Waals surface area (Å²) in [5, 5.41) is 0. The fourth-order valence-electron chi connectivity index (χ4n) is 8.54. The second-order valence-corrected chi connectivity index (χ2v) is 17.5. The molecule has 58 heavy (non-hydrogen) atoms. The van der Waals surface area contributed by atoms with Crippen molar-refractivity contribution in [2.75, 3.05) is 0 Å². The third kappa shape index (κ3) is 26.5. The van der Waals surface area contributed by atoms with Crippen molar-refractivity contribution >= 4 is 22.8 Å². The minimum Gasteiger partial charge on any atom is -0.252 e. The molecule has 2 aromatic carbocycles. The predicted octanol–water partition coefficient (Wildman–Crippen LogP) is 18.9. The van der Waals surface area contributed by atoms with Crippen LogP contribution in [0.5, 0.6) is 0 Å². The van der Waals surface area contributed by atoms with Crippen LogP contribution in [0.4, 0.5) is 11.4 Å². The molecule has 2 nitrogen and oxygen atoms in total. The number of unbranched alkanes of at least 4 members (excludes halogenated alkanes) is 27.